The Bertz CT molecular complexity index is 1010. The van der Waals surface area contributed by atoms with Gasteiger partial charge in [0.05, 0.1) is 23.5 Å². The molecule has 0 aliphatic carbocycles. The molecule has 12 heteroatoms. The predicted octanol–water partition coefficient (Wildman–Crippen LogP) is 0.329. The summed E-state index contributed by atoms with van der Waals surface area (Å²) in [5, 5.41) is 0. The van der Waals surface area contributed by atoms with Gasteiger partial charge in [0, 0.05) is 12.6 Å². The van der Waals surface area contributed by atoms with Gasteiger partial charge in [-0.05, 0) is 51.5 Å². The Morgan fingerprint density at radius 1 is 1.23 bits per heavy atom. The highest BCUT2D eigenvalue weighted by Crippen LogP contribution is 2.19. The van der Waals surface area contributed by atoms with Crippen LogP contribution >= 0.6 is 0 Å². The molecule has 0 radical (unpaired) electrons. The van der Waals surface area contributed by atoms with E-state index >= 15 is 0 Å². The molecule has 1 saturated heterocycles. The normalized spacial score (nSPS) is 19.9. The molecule has 1 aromatic rings. The van der Waals surface area contributed by atoms with Gasteiger partial charge in [-0.3, -0.25) is 9.59 Å². The van der Waals surface area contributed by atoms with Gasteiger partial charge in [0.2, 0.25) is 10.0 Å². The molecule has 2 unspecified atom stereocenters. The van der Waals surface area contributed by atoms with Crippen molar-refractivity contribution < 1.29 is 35.9 Å². The zero-order chi connectivity index (χ0) is 23.4. The van der Waals surface area contributed by atoms with Crippen LogP contribution in [0.1, 0.15) is 27.2 Å². The number of nitrogens with one attached hydrogen (secondary N) is 1. The molecule has 0 bridgehead atoms. The summed E-state index contributed by atoms with van der Waals surface area (Å²) >= 11 is 0. The maximum Gasteiger partial charge on any atom is 0.324 e. The number of methoxy groups -OCH3 is 1. The van der Waals surface area contributed by atoms with Crippen LogP contribution in [0.3, 0.4) is 0 Å². The monoisotopic (exact) mass is 476 g/mol. The summed E-state index contributed by atoms with van der Waals surface area (Å²) in [5.41, 5.74) is 0. The van der Waals surface area contributed by atoms with Gasteiger partial charge in [-0.1, -0.05) is 0 Å². The average Bonchev–Trinajstić information content (AvgIpc) is 3.07. The minimum Gasteiger partial charge on any atom is -0.497 e. The summed E-state index contributed by atoms with van der Waals surface area (Å²) in [7, 11) is -5.73. The molecule has 1 aliphatic heterocycles. The number of hydrogen-bond acceptors (Lipinski definition) is 8. The van der Waals surface area contributed by atoms with Crippen LogP contribution in [0.25, 0.3) is 0 Å². The van der Waals surface area contributed by atoms with E-state index < -0.39 is 49.9 Å². The average molecular weight is 477 g/mol. The minimum absolute atomic E-state index is 0.0137. The lowest BCUT2D eigenvalue weighted by atomic mass is 10.2. The van der Waals surface area contributed by atoms with Gasteiger partial charge in [0.25, 0.3) is 5.91 Å². The number of carbonyl (C=O) groups is 2. The third-order valence-corrected chi connectivity index (χ3v) is 8.28. The highest BCUT2D eigenvalue weighted by Gasteiger charge is 2.36. The van der Waals surface area contributed by atoms with Crippen molar-refractivity contribution in [3.05, 3.63) is 24.3 Å². The number of esters is 1. The van der Waals surface area contributed by atoms with Crippen molar-refractivity contribution in [3.8, 4) is 5.75 Å². The molecule has 174 valence electrons. The van der Waals surface area contributed by atoms with Crippen molar-refractivity contribution >= 4 is 31.7 Å². The Balaban J connectivity index is 1.99. The number of sulfonamides is 1. The summed E-state index contributed by atoms with van der Waals surface area (Å²) in [6.45, 7) is 4.66. The van der Waals surface area contributed by atoms with Gasteiger partial charge >= 0.3 is 5.97 Å². The third kappa shape index (κ3) is 6.40. The van der Waals surface area contributed by atoms with Crippen LogP contribution < -0.4 is 9.46 Å². The summed E-state index contributed by atoms with van der Waals surface area (Å²) in [4.78, 5) is 26.4. The molecular formula is C19H28N2O8S2. The van der Waals surface area contributed by atoms with Crippen LogP contribution in [0.15, 0.2) is 29.2 Å². The molecule has 0 spiro atoms. The zero-order valence-corrected chi connectivity index (χ0v) is 19.5. The Kier molecular flexibility index (Phi) is 8.06. The fraction of sp³-hybridized carbons (Fsp3) is 0.579. The number of hydrogen-bond donors (Lipinski definition) is 1. The number of ether oxygens (including phenoxy) is 2. The second-order valence-electron chi connectivity index (χ2n) is 7.28. The number of nitrogens with zero attached hydrogens (tertiary/aromatic N) is 1. The number of rotatable bonds is 9. The topological polar surface area (TPSA) is 136 Å². The molecule has 1 N–H and O–H groups in total. The van der Waals surface area contributed by atoms with E-state index in [4.69, 9.17) is 9.47 Å². The highest BCUT2D eigenvalue weighted by molar-refractivity contribution is 7.91. The van der Waals surface area contributed by atoms with Gasteiger partial charge in [-0.15, -0.1) is 0 Å². The Labute approximate surface area is 182 Å². The van der Waals surface area contributed by atoms with Crippen LogP contribution in [0.5, 0.6) is 5.75 Å². The second kappa shape index (κ2) is 9.96. The van der Waals surface area contributed by atoms with Crippen LogP contribution in [0.4, 0.5) is 0 Å². The van der Waals surface area contributed by atoms with Crippen molar-refractivity contribution in [2.75, 3.05) is 25.2 Å². The molecule has 1 aromatic carbocycles. The molecule has 0 aromatic heterocycles. The quantitative estimate of drug-likeness (QED) is 0.504. The molecule has 10 nitrogen and oxygen atoms in total. The van der Waals surface area contributed by atoms with Gasteiger partial charge < -0.3 is 14.4 Å². The Morgan fingerprint density at radius 3 is 2.32 bits per heavy atom. The summed E-state index contributed by atoms with van der Waals surface area (Å²) < 4.78 is 60.7. The van der Waals surface area contributed by atoms with E-state index in [1.807, 2.05) is 0 Å². The van der Waals surface area contributed by atoms with Crippen molar-refractivity contribution in [1.82, 2.24) is 9.62 Å². The number of likely N-dealkylation sites (N-methyl/N-ethyl adjacent to an activating group) is 1. The lowest BCUT2D eigenvalue weighted by Crippen LogP contribution is -2.48. The van der Waals surface area contributed by atoms with E-state index in [0.717, 1.165) is 0 Å². The molecule has 31 heavy (non-hydrogen) atoms. The highest BCUT2D eigenvalue weighted by atomic mass is 32.2. The first kappa shape index (κ1) is 25.1. The summed E-state index contributed by atoms with van der Waals surface area (Å²) in [6, 6.07) is 3.90. The van der Waals surface area contributed by atoms with E-state index in [-0.39, 0.29) is 22.9 Å². The van der Waals surface area contributed by atoms with Crippen molar-refractivity contribution in [2.45, 2.75) is 50.3 Å². The minimum atomic E-state index is -4.00. The van der Waals surface area contributed by atoms with Gasteiger partial charge in [0.15, 0.2) is 15.9 Å². The molecule has 0 saturated carbocycles. The third-order valence-electron chi connectivity index (χ3n) is 4.97. The number of sulfone groups is 1. The van der Waals surface area contributed by atoms with E-state index in [1.165, 1.54) is 50.1 Å². The standard InChI is InChI=1S/C19H28N2O8S2/c1-5-21(15-10-11-30(24,25)12-15)18(22)14(3)29-19(23)13(2)20-31(26,27)17-8-6-16(28-4)7-9-17/h6-9,13-15,20H,5,10-12H2,1-4H3/t13-,14?,15?/m0/s1. The van der Waals surface area contributed by atoms with Crippen LogP contribution in [0.2, 0.25) is 0 Å². The van der Waals surface area contributed by atoms with E-state index in [9.17, 15) is 26.4 Å². The molecular weight excluding hydrogens is 448 g/mol. The van der Waals surface area contributed by atoms with E-state index in [2.05, 4.69) is 4.72 Å². The molecule has 3 atom stereocenters. The molecule has 1 aliphatic rings. The maximum absolute atomic E-state index is 12.7. The molecule has 1 heterocycles. The second-order valence-corrected chi connectivity index (χ2v) is 11.2. The smallest absolute Gasteiger partial charge is 0.324 e. The van der Waals surface area contributed by atoms with Crippen LogP contribution in [-0.2, 0) is 34.2 Å². The van der Waals surface area contributed by atoms with Crippen molar-refractivity contribution in [1.29, 1.82) is 0 Å². The lowest BCUT2D eigenvalue weighted by molar-refractivity contribution is -0.160. The fourth-order valence-electron chi connectivity index (χ4n) is 3.28. The number of carbonyl (C=O) groups excluding carboxylic acids is 2. The summed E-state index contributed by atoms with van der Waals surface area (Å²) in [5.74, 6) is -1.07. The van der Waals surface area contributed by atoms with Crippen molar-refractivity contribution in [2.24, 2.45) is 0 Å². The van der Waals surface area contributed by atoms with Crippen LogP contribution in [0, 0.1) is 0 Å². The first-order chi connectivity index (χ1) is 14.4. The van der Waals surface area contributed by atoms with Crippen LogP contribution in [-0.4, -0.2) is 77.0 Å². The zero-order valence-electron chi connectivity index (χ0n) is 17.9. The van der Waals surface area contributed by atoms with Gasteiger partial charge in [0.1, 0.15) is 11.8 Å². The predicted molar refractivity (Wildman–Crippen MR) is 113 cm³/mol. The van der Waals surface area contributed by atoms with Gasteiger partial charge in [-0.25, -0.2) is 16.8 Å². The molecule has 1 fully saturated rings. The Hall–Kier alpha value is -2.18. The van der Waals surface area contributed by atoms with E-state index in [0.29, 0.717) is 12.2 Å². The fourth-order valence-corrected chi connectivity index (χ4v) is 6.20. The first-order valence-corrected chi connectivity index (χ1v) is 13.1. The van der Waals surface area contributed by atoms with E-state index in [1.54, 1.807) is 6.92 Å². The van der Waals surface area contributed by atoms with Gasteiger partial charge in [-0.2, -0.15) is 4.72 Å². The van der Waals surface area contributed by atoms with Crippen molar-refractivity contribution in [3.63, 3.8) is 0 Å². The Morgan fingerprint density at radius 2 is 1.84 bits per heavy atom. The molecule has 1 amide bonds. The summed E-state index contributed by atoms with van der Waals surface area (Å²) in [6.07, 6.45) is -0.857. The first-order valence-electron chi connectivity index (χ1n) is 9.78. The number of amides is 1. The SMILES string of the molecule is CCN(C(=O)C(C)OC(=O)[C@H](C)NS(=O)(=O)c1ccc(OC)cc1)C1CCS(=O)(=O)C1. The lowest BCUT2D eigenvalue weighted by Gasteiger charge is -2.29. The maximum atomic E-state index is 12.7. The molecule has 2 rings (SSSR count). The number of benzene rings is 1. The largest absolute Gasteiger partial charge is 0.497 e.